The minimum atomic E-state index is -0.480. The Morgan fingerprint density at radius 1 is 1.53 bits per heavy atom. The second-order valence-corrected chi connectivity index (χ2v) is 5.73. The normalized spacial score (nSPS) is 18.9. The van der Waals surface area contributed by atoms with Crippen LogP contribution in [0, 0.1) is 5.92 Å². The van der Waals surface area contributed by atoms with Crippen LogP contribution < -0.4 is 5.32 Å². The highest BCUT2D eigenvalue weighted by atomic mass is 32.2. The van der Waals surface area contributed by atoms with E-state index in [2.05, 4.69) is 5.32 Å². The van der Waals surface area contributed by atoms with E-state index in [4.69, 9.17) is 4.74 Å². The van der Waals surface area contributed by atoms with Crippen LogP contribution in [0.5, 0.6) is 0 Å². The molecule has 0 radical (unpaired) electrons. The number of carbonyl (C=O) groups is 1. The molecule has 1 saturated heterocycles. The van der Waals surface area contributed by atoms with Crippen LogP contribution in [0.25, 0.3) is 0 Å². The molecule has 100 valence electrons. The maximum Gasteiger partial charge on any atom is 0.220 e. The average Bonchev–Trinajstić information content (AvgIpc) is 2.30. The quantitative estimate of drug-likeness (QED) is 0.719. The van der Waals surface area contributed by atoms with Gasteiger partial charge < -0.3 is 15.2 Å². The third-order valence-electron chi connectivity index (χ3n) is 2.97. The van der Waals surface area contributed by atoms with E-state index in [0.717, 1.165) is 12.8 Å². The molecular weight excluding hydrogens is 238 g/mol. The number of nitrogens with one attached hydrogen (secondary N) is 1. The van der Waals surface area contributed by atoms with Gasteiger partial charge in [0.25, 0.3) is 0 Å². The molecule has 0 bridgehead atoms. The zero-order valence-electron chi connectivity index (χ0n) is 10.5. The molecule has 2 N–H and O–H groups in total. The van der Waals surface area contributed by atoms with Gasteiger partial charge >= 0.3 is 0 Å². The summed E-state index contributed by atoms with van der Waals surface area (Å²) in [5, 5.41) is 12.3. The molecular formula is C12H23NO3S. The van der Waals surface area contributed by atoms with E-state index in [1.807, 2.05) is 11.8 Å². The Bertz CT molecular complexity index is 220. The molecule has 4 nitrogen and oxygen atoms in total. The number of hydrogen-bond donors (Lipinski definition) is 2. The Kier molecular flexibility index (Phi) is 7.64. The predicted molar refractivity (Wildman–Crippen MR) is 70.2 cm³/mol. The zero-order chi connectivity index (χ0) is 12.5. The fourth-order valence-corrected chi connectivity index (χ4v) is 3.14. The molecule has 0 aromatic carbocycles. The van der Waals surface area contributed by atoms with Crippen molar-refractivity contribution in [1.29, 1.82) is 0 Å². The summed E-state index contributed by atoms with van der Waals surface area (Å²) in [6.07, 6.45) is 3.03. The lowest BCUT2D eigenvalue weighted by molar-refractivity contribution is -0.122. The van der Waals surface area contributed by atoms with E-state index in [9.17, 15) is 9.90 Å². The number of amides is 1. The van der Waals surface area contributed by atoms with Crippen LogP contribution in [0.15, 0.2) is 0 Å². The summed E-state index contributed by atoms with van der Waals surface area (Å²) >= 11 is 1.97. The number of rotatable bonds is 7. The number of ether oxygens (including phenoxy) is 1. The molecule has 0 saturated carbocycles. The summed E-state index contributed by atoms with van der Waals surface area (Å²) in [4.78, 5) is 11.6. The van der Waals surface area contributed by atoms with Crippen molar-refractivity contribution in [2.45, 2.75) is 31.8 Å². The van der Waals surface area contributed by atoms with Crippen molar-refractivity contribution < 1.29 is 14.6 Å². The standard InChI is InChI=1S/C12H23NO3S/c1-16-9-11(14)2-5-13-12(15)8-10-3-6-17-7-4-10/h10-11,14H,2-9H2,1H3,(H,13,15). The fourth-order valence-electron chi connectivity index (χ4n) is 1.94. The van der Waals surface area contributed by atoms with Gasteiger partial charge in [0.2, 0.25) is 5.91 Å². The summed E-state index contributed by atoms with van der Waals surface area (Å²) in [6, 6.07) is 0. The van der Waals surface area contributed by atoms with Gasteiger partial charge in [0.15, 0.2) is 0 Å². The highest BCUT2D eigenvalue weighted by Crippen LogP contribution is 2.24. The molecule has 1 unspecified atom stereocenters. The highest BCUT2D eigenvalue weighted by molar-refractivity contribution is 7.99. The Morgan fingerprint density at radius 3 is 2.88 bits per heavy atom. The first kappa shape index (κ1) is 14.8. The first-order chi connectivity index (χ1) is 8.22. The Morgan fingerprint density at radius 2 is 2.24 bits per heavy atom. The van der Waals surface area contributed by atoms with Gasteiger partial charge in [-0.25, -0.2) is 0 Å². The summed E-state index contributed by atoms with van der Waals surface area (Å²) < 4.78 is 4.82. The average molecular weight is 261 g/mol. The maximum atomic E-state index is 11.6. The molecule has 1 heterocycles. The van der Waals surface area contributed by atoms with E-state index in [1.54, 1.807) is 7.11 Å². The van der Waals surface area contributed by atoms with E-state index < -0.39 is 6.10 Å². The number of aliphatic hydroxyl groups is 1. The van der Waals surface area contributed by atoms with Crippen molar-refractivity contribution in [3.05, 3.63) is 0 Å². The van der Waals surface area contributed by atoms with Crippen molar-refractivity contribution in [2.75, 3.05) is 31.8 Å². The molecule has 1 atom stereocenters. The van der Waals surface area contributed by atoms with Crippen LogP contribution in [0.3, 0.4) is 0 Å². The lowest BCUT2D eigenvalue weighted by Gasteiger charge is -2.20. The van der Waals surface area contributed by atoms with E-state index >= 15 is 0 Å². The second kappa shape index (κ2) is 8.78. The van der Waals surface area contributed by atoms with Crippen molar-refractivity contribution in [3.63, 3.8) is 0 Å². The highest BCUT2D eigenvalue weighted by Gasteiger charge is 2.17. The number of carbonyl (C=O) groups excluding carboxylic acids is 1. The molecule has 5 heteroatoms. The van der Waals surface area contributed by atoms with Crippen LogP contribution >= 0.6 is 11.8 Å². The van der Waals surface area contributed by atoms with Gasteiger partial charge in [-0.3, -0.25) is 4.79 Å². The van der Waals surface area contributed by atoms with Gasteiger partial charge in [0.1, 0.15) is 0 Å². The third kappa shape index (κ3) is 6.91. The molecule has 1 aliphatic rings. The topological polar surface area (TPSA) is 58.6 Å². The molecule has 0 spiro atoms. The van der Waals surface area contributed by atoms with Gasteiger partial charge in [0, 0.05) is 20.1 Å². The molecule has 17 heavy (non-hydrogen) atoms. The van der Waals surface area contributed by atoms with Crippen LogP contribution in [-0.2, 0) is 9.53 Å². The van der Waals surface area contributed by atoms with E-state index in [0.29, 0.717) is 31.9 Å². The van der Waals surface area contributed by atoms with Gasteiger partial charge in [-0.05, 0) is 36.7 Å². The lowest BCUT2D eigenvalue weighted by atomic mass is 9.98. The molecule has 1 rings (SSSR count). The largest absolute Gasteiger partial charge is 0.391 e. The van der Waals surface area contributed by atoms with Gasteiger partial charge in [-0.15, -0.1) is 0 Å². The van der Waals surface area contributed by atoms with Crippen molar-refractivity contribution >= 4 is 17.7 Å². The van der Waals surface area contributed by atoms with Gasteiger partial charge in [0.05, 0.1) is 12.7 Å². The third-order valence-corrected chi connectivity index (χ3v) is 4.02. The van der Waals surface area contributed by atoms with Crippen molar-refractivity contribution in [2.24, 2.45) is 5.92 Å². The summed E-state index contributed by atoms with van der Waals surface area (Å²) in [6.45, 7) is 0.862. The minimum Gasteiger partial charge on any atom is -0.391 e. The number of hydrogen-bond acceptors (Lipinski definition) is 4. The predicted octanol–water partition coefficient (Wildman–Crippen LogP) is 1.03. The number of aliphatic hydroxyl groups excluding tert-OH is 1. The number of thioether (sulfide) groups is 1. The Labute approximate surface area is 107 Å². The summed E-state index contributed by atoms with van der Waals surface area (Å²) in [5.74, 6) is 3.04. The smallest absolute Gasteiger partial charge is 0.220 e. The molecule has 0 aromatic rings. The first-order valence-electron chi connectivity index (χ1n) is 6.23. The lowest BCUT2D eigenvalue weighted by Crippen LogP contribution is -2.30. The summed E-state index contributed by atoms with van der Waals surface area (Å²) in [7, 11) is 1.56. The second-order valence-electron chi connectivity index (χ2n) is 4.51. The van der Waals surface area contributed by atoms with Crippen LogP contribution in [0.4, 0.5) is 0 Å². The zero-order valence-corrected chi connectivity index (χ0v) is 11.3. The van der Waals surface area contributed by atoms with Gasteiger partial charge in [-0.1, -0.05) is 0 Å². The fraction of sp³-hybridized carbons (Fsp3) is 0.917. The monoisotopic (exact) mass is 261 g/mol. The van der Waals surface area contributed by atoms with Gasteiger partial charge in [-0.2, -0.15) is 11.8 Å². The summed E-state index contributed by atoms with van der Waals surface area (Å²) in [5.41, 5.74) is 0. The molecule has 0 aliphatic carbocycles. The Balaban J connectivity index is 2.04. The van der Waals surface area contributed by atoms with Crippen LogP contribution in [0.1, 0.15) is 25.7 Å². The van der Waals surface area contributed by atoms with Crippen LogP contribution in [-0.4, -0.2) is 48.9 Å². The van der Waals surface area contributed by atoms with Crippen molar-refractivity contribution in [1.82, 2.24) is 5.32 Å². The maximum absolute atomic E-state index is 11.6. The molecule has 1 aliphatic heterocycles. The Hall–Kier alpha value is -0.260. The first-order valence-corrected chi connectivity index (χ1v) is 7.39. The van der Waals surface area contributed by atoms with E-state index in [-0.39, 0.29) is 5.91 Å². The molecule has 1 fully saturated rings. The SMILES string of the molecule is COCC(O)CCNC(=O)CC1CCSCC1. The number of methoxy groups -OCH3 is 1. The van der Waals surface area contributed by atoms with Crippen molar-refractivity contribution in [3.8, 4) is 0 Å². The van der Waals surface area contributed by atoms with Crippen LogP contribution in [0.2, 0.25) is 0 Å². The molecule has 1 amide bonds. The molecule has 0 aromatic heterocycles. The minimum absolute atomic E-state index is 0.117. The van der Waals surface area contributed by atoms with E-state index in [1.165, 1.54) is 11.5 Å².